The first-order valence-electron chi connectivity index (χ1n) is 6.53. The Hall–Kier alpha value is -1.42. The van der Waals surface area contributed by atoms with Crippen LogP contribution in [0.5, 0.6) is 0 Å². The molecule has 0 saturated carbocycles. The summed E-state index contributed by atoms with van der Waals surface area (Å²) in [5.41, 5.74) is 0.298. The number of hydrogen-bond donors (Lipinski definition) is 2. The summed E-state index contributed by atoms with van der Waals surface area (Å²) in [5, 5.41) is 6.00. The monoisotopic (exact) mass is 266 g/mol. The largest absolute Gasteiger partial charge is 0.350 e. The van der Waals surface area contributed by atoms with E-state index in [1.165, 1.54) is 6.07 Å². The predicted octanol–water partition coefficient (Wildman–Crippen LogP) is 2.78. The molecule has 3 nitrogen and oxygen atoms in total. The zero-order valence-corrected chi connectivity index (χ0v) is 12.3. The van der Waals surface area contributed by atoms with Gasteiger partial charge in [-0.1, -0.05) is 18.2 Å². The lowest BCUT2D eigenvalue weighted by atomic mass is 10.1. The molecule has 0 heterocycles. The third-order valence-electron chi connectivity index (χ3n) is 2.76. The molecule has 0 unspecified atom stereocenters. The van der Waals surface area contributed by atoms with E-state index < -0.39 is 0 Å². The molecule has 2 N–H and O–H groups in total. The molecule has 0 saturated heterocycles. The number of carbonyl (C=O) groups is 1. The van der Waals surface area contributed by atoms with Crippen LogP contribution in [-0.4, -0.2) is 17.5 Å². The van der Waals surface area contributed by atoms with E-state index >= 15 is 0 Å². The topological polar surface area (TPSA) is 41.1 Å². The SMILES string of the molecule is C[C@H](N[C@H](C)C(=O)NC(C)(C)C)c1ccccc1F. The number of carbonyl (C=O) groups excluding carboxylic acids is 1. The quantitative estimate of drug-likeness (QED) is 0.880. The van der Waals surface area contributed by atoms with Crippen LogP contribution in [0.4, 0.5) is 4.39 Å². The summed E-state index contributed by atoms with van der Waals surface area (Å²) in [6.45, 7) is 9.41. The molecule has 19 heavy (non-hydrogen) atoms. The van der Waals surface area contributed by atoms with Gasteiger partial charge in [0.05, 0.1) is 6.04 Å². The smallest absolute Gasteiger partial charge is 0.237 e. The second-order valence-electron chi connectivity index (χ2n) is 5.87. The minimum Gasteiger partial charge on any atom is -0.350 e. The molecule has 1 aromatic carbocycles. The minimum atomic E-state index is -0.381. The van der Waals surface area contributed by atoms with Gasteiger partial charge in [0.1, 0.15) is 5.82 Å². The van der Waals surface area contributed by atoms with E-state index in [0.717, 1.165) is 0 Å². The van der Waals surface area contributed by atoms with Crippen LogP contribution < -0.4 is 10.6 Å². The number of hydrogen-bond acceptors (Lipinski definition) is 2. The Morgan fingerprint density at radius 1 is 1.21 bits per heavy atom. The lowest BCUT2D eigenvalue weighted by Gasteiger charge is -2.25. The maximum Gasteiger partial charge on any atom is 0.237 e. The first-order chi connectivity index (χ1) is 8.70. The summed E-state index contributed by atoms with van der Waals surface area (Å²) in [5.74, 6) is -0.346. The van der Waals surface area contributed by atoms with Gasteiger partial charge in [-0.15, -0.1) is 0 Å². The summed E-state index contributed by atoms with van der Waals surface area (Å²) >= 11 is 0. The second-order valence-corrected chi connectivity index (χ2v) is 5.87. The van der Waals surface area contributed by atoms with E-state index in [1.54, 1.807) is 25.1 Å². The summed E-state index contributed by atoms with van der Waals surface area (Å²) < 4.78 is 13.6. The van der Waals surface area contributed by atoms with Gasteiger partial charge >= 0.3 is 0 Å². The molecule has 1 aromatic rings. The third-order valence-corrected chi connectivity index (χ3v) is 2.76. The highest BCUT2D eigenvalue weighted by atomic mass is 19.1. The molecule has 0 aliphatic heterocycles. The van der Waals surface area contributed by atoms with Crippen molar-refractivity contribution in [2.45, 2.75) is 52.2 Å². The first-order valence-corrected chi connectivity index (χ1v) is 6.53. The van der Waals surface area contributed by atoms with Crippen molar-refractivity contribution in [2.24, 2.45) is 0 Å². The summed E-state index contributed by atoms with van der Waals surface area (Å²) in [6, 6.07) is 5.99. The number of rotatable bonds is 4. The van der Waals surface area contributed by atoms with Crippen molar-refractivity contribution in [2.75, 3.05) is 0 Å². The van der Waals surface area contributed by atoms with Crippen molar-refractivity contribution in [3.63, 3.8) is 0 Å². The van der Waals surface area contributed by atoms with E-state index in [4.69, 9.17) is 0 Å². The standard InChI is InChI=1S/C15H23FN2O/c1-10(12-8-6-7-9-13(12)16)17-11(2)14(19)18-15(3,4)5/h6-11,17H,1-5H3,(H,18,19)/t10-,11+/m0/s1. The van der Waals surface area contributed by atoms with Crippen LogP contribution >= 0.6 is 0 Å². The Balaban J connectivity index is 2.64. The highest BCUT2D eigenvalue weighted by Crippen LogP contribution is 2.16. The van der Waals surface area contributed by atoms with Crippen molar-refractivity contribution in [1.29, 1.82) is 0 Å². The molecule has 0 fully saturated rings. The van der Waals surface area contributed by atoms with E-state index in [2.05, 4.69) is 10.6 Å². The Kier molecular flexibility index (Phi) is 5.06. The lowest BCUT2D eigenvalue weighted by molar-refractivity contribution is -0.124. The highest BCUT2D eigenvalue weighted by Gasteiger charge is 2.21. The molecule has 2 atom stereocenters. The average molecular weight is 266 g/mol. The van der Waals surface area contributed by atoms with Crippen molar-refractivity contribution < 1.29 is 9.18 Å². The summed E-state index contributed by atoms with van der Waals surface area (Å²) in [4.78, 5) is 11.9. The van der Waals surface area contributed by atoms with Crippen LogP contribution in [0, 0.1) is 5.82 Å². The van der Waals surface area contributed by atoms with Crippen LogP contribution in [0.15, 0.2) is 24.3 Å². The van der Waals surface area contributed by atoms with Gasteiger partial charge in [0, 0.05) is 17.1 Å². The Morgan fingerprint density at radius 3 is 2.32 bits per heavy atom. The summed E-state index contributed by atoms with van der Waals surface area (Å²) in [6.07, 6.45) is 0. The Bertz CT molecular complexity index is 440. The van der Waals surface area contributed by atoms with Crippen LogP contribution in [0.2, 0.25) is 0 Å². The zero-order valence-electron chi connectivity index (χ0n) is 12.3. The van der Waals surface area contributed by atoms with Crippen LogP contribution in [-0.2, 0) is 4.79 Å². The maximum atomic E-state index is 13.6. The number of benzene rings is 1. The van der Waals surface area contributed by atoms with Gasteiger partial charge in [-0.05, 0) is 40.7 Å². The van der Waals surface area contributed by atoms with E-state index in [-0.39, 0.29) is 29.3 Å². The average Bonchev–Trinajstić information content (AvgIpc) is 2.27. The maximum absolute atomic E-state index is 13.6. The molecular weight excluding hydrogens is 243 g/mol. The fourth-order valence-corrected chi connectivity index (χ4v) is 1.84. The van der Waals surface area contributed by atoms with E-state index in [0.29, 0.717) is 5.56 Å². The van der Waals surface area contributed by atoms with Crippen molar-refractivity contribution in [1.82, 2.24) is 10.6 Å². The normalized spacial score (nSPS) is 14.8. The Labute approximate surface area is 114 Å². The summed E-state index contributed by atoms with van der Waals surface area (Å²) in [7, 11) is 0. The van der Waals surface area contributed by atoms with Gasteiger partial charge in [-0.3, -0.25) is 10.1 Å². The molecule has 0 spiro atoms. The predicted molar refractivity (Wildman–Crippen MR) is 75.3 cm³/mol. The second kappa shape index (κ2) is 6.15. The Morgan fingerprint density at radius 2 is 1.79 bits per heavy atom. The van der Waals surface area contributed by atoms with Crippen LogP contribution in [0.25, 0.3) is 0 Å². The third kappa shape index (κ3) is 4.99. The molecule has 106 valence electrons. The van der Waals surface area contributed by atoms with Gasteiger partial charge in [-0.2, -0.15) is 0 Å². The molecule has 1 amide bonds. The lowest BCUT2D eigenvalue weighted by Crippen LogP contribution is -2.50. The molecule has 0 radical (unpaired) electrons. The van der Waals surface area contributed by atoms with Gasteiger partial charge in [0.2, 0.25) is 5.91 Å². The van der Waals surface area contributed by atoms with Gasteiger partial charge in [0.15, 0.2) is 0 Å². The molecule has 0 bridgehead atoms. The molecule has 1 rings (SSSR count). The first kappa shape index (κ1) is 15.6. The molecule has 4 heteroatoms. The van der Waals surface area contributed by atoms with Crippen LogP contribution in [0.1, 0.15) is 46.2 Å². The zero-order chi connectivity index (χ0) is 14.6. The van der Waals surface area contributed by atoms with Gasteiger partial charge in [0.25, 0.3) is 0 Å². The van der Waals surface area contributed by atoms with Gasteiger partial charge < -0.3 is 5.32 Å². The fourth-order valence-electron chi connectivity index (χ4n) is 1.84. The molecule has 0 aromatic heterocycles. The minimum absolute atomic E-state index is 0.0873. The van der Waals surface area contributed by atoms with E-state index in [9.17, 15) is 9.18 Å². The highest BCUT2D eigenvalue weighted by molar-refractivity contribution is 5.81. The number of amides is 1. The van der Waals surface area contributed by atoms with Crippen molar-refractivity contribution in [3.8, 4) is 0 Å². The van der Waals surface area contributed by atoms with Gasteiger partial charge in [-0.25, -0.2) is 4.39 Å². The molecule has 0 aliphatic carbocycles. The number of nitrogens with one attached hydrogen (secondary N) is 2. The molecular formula is C15H23FN2O. The van der Waals surface area contributed by atoms with Crippen molar-refractivity contribution in [3.05, 3.63) is 35.6 Å². The van der Waals surface area contributed by atoms with Crippen molar-refractivity contribution >= 4 is 5.91 Å². The molecule has 0 aliphatic rings. The number of halogens is 1. The fraction of sp³-hybridized carbons (Fsp3) is 0.533. The van der Waals surface area contributed by atoms with E-state index in [1.807, 2.05) is 27.7 Å². The van der Waals surface area contributed by atoms with Crippen LogP contribution in [0.3, 0.4) is 0 Å².